The number of nitrogens with one attached hydrogen (secondary N) is 2. The molecular formula is C21H23ClN2O2. The average molecular weight is 371 g/mol. The van der Waals surface area contributed by atoms with Crippen molar-refractivity contribution in [1.82, 2.24) is 0 Å². The summed E-state index contributed by atoms with van der Waals surface area (Å²) in [5.74, 6) is -0.824. The summed E-state index contributed by atoms with van der Waals surface area (Å²) in [6.45, 7) is 6.44. The van der Waals surface area contributed by atoms with Gasteiger partial charge in [0.05, 0.1) is 11.8 Å². The first-order chi connectivity index (χ1) is 12.2. The summed E-state index contributed by atoms with van der Waals surface area (Å²) in [7, 11) is 0. The van der Waals surface area contributed by atoms with Crippen molar-refractivity contribution >= 4 is 34.8 Å². The fraction of sp³-hybridized carbons (Fsp3) is 0.333. The Hall–Kier alpha value is -2.33. The molecule has 5 heteroatoms. The van der Waals surface area contributed by atoms with Crippen molar-refractivity contribution in [2.24, 2.45) is 11.8 Å². The van der Waals surface area contributed by atoms with Crippen LogP contribution in [0.1, 0.15) is 32.8 Å². The van der Waals surface area contributed by atoms with Crippen LogP contribution >= 0.6 is 11.6 Å². The van der Waals surface area contributed by atoms with Crippen molar-refractivity contribution in [2.75, 3.05) is 10.6 Å². The molecule has 0 bridgehead atoms. The van der Waals surface area contributed by atoms with Crippen molar-refractivity contribution in [3.05, 3.63) is 59.1 Å². The zero-order valence-corrected chi connectivity index (χ0v) is 15.9. The van der Waals surface area contributed by atoms with Crippen LogP contribution in [0.4, 0.5) is 11.4 Å². The van der Waals surface area contributed by atoms with Crippen LogP contribution in [0.15, 0.2) is 48.5 Å². The van der Waals surface area contributed by atoms with E-state index in [-0.39, 0.29) is 29.1 Å². The number of rotatable bonds is 4. The van der Waals surface area contributed by atoms with Gasteiger partial charge in [-0.3, -0.25) is 9.59 Å². The SMILES string of the molecule is CC(C)(C)c1ccc(NC(=O)C2CC2C(=O)Nc2cccc(Cl)c2)cc1. The molecule has 0 saturated heterocycles. The highest BCUT2D eigenvalue weighted by molar-refractivity contribution is 6.30. The van der Waals surface area contributed by atoms with Gasteiger partial charge in [-0.15, -0.1) is 0 Å². The molecule has 2 N–H and O–H groups in total. The van der Waals surface area contributed by atoms with E-state index in [1.165, 1.54) is 5.56 Å². The van der Waals surface area contributed by atoms with E-state index < -0.39 is 0 Å². The van der Waals surface area contributed by atoms with E-state index in [0.717, 1.165) is 5.69 Å². The minimum atomic E-state index is -0.289. The van der Waals surface area contributed by atoms with E-state index >= 15 is 0 Å². The van der Waals surface area contributed by atoms with Crippen LogP contribution in [-0.4, -0.2) is 11.8 Å². The number of carbonyl (C=O) groups excluding carboxylic acids is 2. The van der Waals surface area contributed by atoms with Crippen LogP contribution in [0.2, 0.25) is 5.02 Å². The maximum absolute atomic E-state index is 12.4. The number of amides is 2. The number of hydrogen-bond donors (Lipinski definition) is 2. The molecule has 0 aliphatic heterocycles. The summed E-state index contributed by atoms with van der Waals surface area (Å²) in [5.41, 5.74) is 2.68. The number of halogens is 1. The Balaban J connectivity index is 1.54. The summed E-state index contributed by atoms with van der Waals surface area (Å²) in [5, 5.41) is 6.28. The molecule has 2 unspecified atom stereocenters. The fourth-order valence-corrected chi connectivity index (χ4v) is 3.05. The molecule has 0 heterocycles. The zero-order valence-electron chi connectivity index (χ0n) is 15.2. The van der Waals surface area contributed by atoms with E-state index in [9.17, 15) is 9.59 Å². The smallest absolute Gasteiger partial charge is 0.228 e. The Morgan fingerprint density at radius 1 is 0.923 bits per heavy atom. The van der Waals surface area contributed by atoms with E-state index in [0.29, 0.717) is 17.1 Å². The minimum absolute atomic E-state index is 0.0720. The van der Waals surface area contributed by atoms with Gasteiger partial charge in [-0.2, -0.15) is 0 Å². The monoisotopic (exact) mass is 370 g/mol. The molecule has 0 radical (unpaired) electrons. The van der Waals surface area contributed by atoms with Crippen LogP contribution in [0.5, 0.6) is 0 Å². The summed E-state index contributed by atoms with van der Waals surface area (Å²) in [4.78, 5) is 24.6. The Bertz CT molecular complexity index is 825. The molecule has 2 atom stereocenters. The molecule has 26 heavy (non-hydrogen) atoms. The van der Waals surface area contributed by atoms with Crippen LogP contribution in [0.3, 0.4) is 0 Å². The van der Waals surface area contributed by atoms with Crippen molar-refractivity contribution in [3.8, 4) is 0 Å². The highest BCUT2D eigenvalue weighted by Gasteiger charge is 2.48. The van der Waals surface area contributed by atoms with Gasteiger partial charge in [-0.05, 0) is 47.7 Å². The predicted octanol–water partition coefficient (Wildman–Crippen LogP) is 4.85. The third kappa shape index (κ3) is 4.44. The predicted molar refractivity (Wildman–Crippen MR) is 105 cm³/mol. The molecule has 0 aromatic heterocycles. The molecule has 1 saturated carbocycles. The molecule has 0 spiro atoms. The van der Waals surface area contributed by atoms with E-state index in [1.54, 1.807) is 24.3 Å². The van der Waals surface area contributed by atoms with Gasteiger partial charge in [0, 0.05) is 16.4 Å². The number of anilines is 2. The molecule has 1 aliphatic rings. The average Bonchev–Trinajstić information content (AvgIpc) is 3.35. The van der Waals surface area contributed by atoms with Crippen LogP contribution in [0, 0.1) is 11.8 Å². The number of carbonyl (C=O) groups is 2. The highest BCUT2D eigenvalue weighted by Crippen LogP contribution is 2.40. The third-order valence-electron chi connectivity index (χ3n) is 4.57. The number of benzene rings is 2. The first-order valence-corrected chi connectivity index (χ1v) is 9.10. The highest BCUT2D eigenvalue weighted by atomic mass is 35.5. The first-order valence-electron chi connectivity index (χ1n) is 8.72. The molecule has 1 aliphatic carbocycles. The summed E-state index contributed by atoms with van der Waals surface area (Å²) in [6.07, 6.45) is 0.568. The quantitative estimate of drug-likeness (QED) is 0.808. The lowest BCUT2D eigenvalue weighted by molar-refractivity contribution is -0.122. The van der Waals surface area contributed by atoms with Gasteiger partial charge < -0.3 is 10.6 Å². The van der Waals surface area contributed by atoms with Crippen molar-refractivity contribution in [2.45, 2.75) is 32.6 Å². The first kappa shape index (κ1) is 18.5. The Morgan fingerprint density at radius 2 is 1.50 bits per heavy atom. The molecule has 1 fully saturated rings. The van der Waals surface area contributed by atoms with Crippen molar-refractivity contribution in [1.29, 1.82) is 0 Å². The van der Waals surface area contributed by atoms with Gasteiger partial charge in [0.2, 0.25) is 11.8 Å². The van der Waals surface area contributed by atoms with E-state index in [1.807, 2.05) is 24.3 Å². The molecule has 2 aromatic carbocycles. The third-order valence-corrected chi connectivity index (χ3v) is 4.81. The Morgan fingerprint density at radius 3 is 2.04 bits per heavy atom. The minimum Gasteiger partial charge on any atom is -0.326 e. The molecule has 2 amide bonds. The second-order valence-electron chi connectivity index (χ2n) is 7.76. The lowest BCUT2D eigenvalue weighted by Crippen LogP contribution is -2.20. The summed E-state index contributed by atoms with van der Waals surface area (Å²) >= 11 is 5.92. The molecule has 3 rings (SSSR count). The number of hydrogen-bond acceptors (Lipinski definition) is 2. The lowest BCUT2D eigenvalue weighted by Gasteiger charge is -2.19. The van der Waals surface area contributed by atoms with Gasteiger partial charge >= 0.3 is 0 Å². The van der Waals surface area contributed by atoms with Crippen LogP contribution in [0.25, 0.3) is 0 Å². The normalized spacial score (nSPS) is 18.9. The van der Waals surface area contributed by atoms with E-state index in [2.05, 4.69) is 31.4 Å². The van der Waals surface area contributed by atoms with Gasteiger partial charge in [-0.1, -0.05) is 50.6 Å². The maximum Gasteiger partial charge on any atom is 0.228 e. The molecule has 136 valence electrons. The Labute approximate surface area is 158 Å². The molecular weight excluding hydrogens is 348 g/mol. The van der Waals surface area contributed by atoms with Crippen molar-refractivity contribution < 1.29 is 9.59 Å². The second-order valence-corrected chi connectivity index (χ2v) is 8.20. The maximum atomic E-state index is 12.4. The molecule has 4 nitrogen and oxygen atoms in total. The zero-order chi connectivity index (χ0) is 18.9. The van der Waals surface area contributed by atoms with Gasteiger partial charge in [-0.25, -0.2) is 0 Å². The topological polar surface area (TPSA) is 58.2 Å². The second kappa shape index (κ2) is 7.12. The van der Waals surface area contributed by atoms with Crippen molar-refractivity contribution in [3.63, 3.8) is 0 Å². The Kier molecular flexibility index (Phi) is 5.05. The van der Waals surface area contributed by atoms with Crippen LogP contribution in [-0.2, 0) is 15.0 Å². The molecule has 2 aromatic rings. The standard InChI is InChI=1S/C21H23ClN2O2/c1-21(2,3)13-7-9-15(10-8-13)23-19(25)17-12-18(17)20(26)24-16-6-4-5-14(22)11-16/h4-11,17-18H,12H2,1-3H3,(H,23,25)(H,24,26). The fourth-order valence-electron chi connectivity index (χ4n) is 2.86. The summed E-state index contributed by atoms with van der Waals surface area (Å²) in [6, 6.07) is 14.8. The lowest BCUT2D eigenvalue weighted by atomic mass is 9.87. The van der Waals surface area contributed by atoms with Gasteiger partial charge in [0.1, 0.15) is 0 Å². The van der Waals surface area contributed by atoms with Gasteiger partial charge in [0.15, 0.2) is 0 Å². The summed E-state index contributed by atoms with van der Waals surface area (Å²) < 4.78 is 0. The largest absolute Gasteiger partial charge is 0.326 e. The van der Waals surface area contributed by atoms with E-state index in [4.69, 9.17) is 11.6 Å². The van der Waals surface area contributed by atoms with Gasteiger partial charge in [0.25, 0.3) is 0 Å². The van der Waals surface area contributed by atoms with Crippen LogP contribution < -0.4 is 10.6 Å².